The summed E-state index contributed by atoms with van der Waals surface area (Å²) in [6.07, 6.45) is -9.18. The van der Waals surface area contributed by atoms with E-state index in [-0.39, 0.29) is 19.5 Å². The van der Waals surface area contributed by atoms with Gasteiger partial charge in [0.25, 0.3) is 0 Å². The summed E-state index contributed by atoms with van der Waals surface area (Å²) in [6.45, 7) is -1.08. The summed E-state index contributed by atoms with van der Waals surface area (Å²) in [5.74, 6) is 0. The van der Waals surface area contributed by atoms with E-state index in [1.807, 2.05) is 5.32 Å². The fourth-order valence-corrected chi connectivity index (χ4v) is 2.24. The summed E-state index contributed by atoms with van der Waals surface area (Å²) in [7, 11) is 1.27. The van der Waals surface area contributed by atoms with Gasteiger partial charge < -0.3 is 10.6 Å². The molecule has 0 saturated carbocycles. The lowest BCUT2D eigenvalue weighted by molar-refractivity contribution is -0.152. The van der Waals surface area contributed by atoms with Crippen LogP contribution in [0.15, 0.2) is 30.3 Å². The van der Waals surface area contributed by atoms with Crippen molar-refractivity contribution < 1.29 is 31.1 Å². The zero-order chi connectivity index (χ0) is 19.8. The molecule has 2 amide bonds. The Balaban J connectivity index is 2.40. The van der Waals surface area contributed by atoms with E-state index in [1.54, 1.807) is 18.2 Å². The highest BCUT2D eigenvalue weighted by molar-refractivity contribution is 5.74. The first-order valence-corrected chi connectivity index (χ1v) is 7.87. The molecule has 1 aromatic rings. The molecule has 1 rings (SSSR count). The highest BCUT2D eigenvalue weighted by Gasteiger charge is 2.40. The molecule has 1 aromatic carbocycles. The second kappa shape index (κ2) is 9.65. The topological polar surface area (TPSA) is 44.4 Å². The molecular weight excluding hydrogens is 364 g/mol. The number of nitrogens with zero attached hydrogens (tertiary/aromatic N) is 1. The van der Waals surface area contributed by atoms with Crippen LogP contribution in [0.2, 0.25) is 0 Å². The van der Waals surface area contributed by atoms with Gasteiger partial charge in [-0.1, -0.05) is 30.3 Å². The molecule has 0 spiro atoms. The first kappa shape index (κ1) is 22.1. The molecule has 0 bridgehead atoms. The Labute approximate surface area is 147 Å². The lowest BCUT2D eigenvalue weighted by atomic mass is 10.1. The van der Waals surface area contributed by atoms with Crippen molar-refractivity contribution in [3.05, 3.63) is 35.9 Å². The van der Waals surface area contributed by atoms with E-state index in [0.717, 1.165) is 4.90 Å². The number of urea groups is 1. The van der Waals surface area contributed by atoms with Gasteiger partial charge in [0.05, 0.1) is 6.54 Å². The average Bonchev–Trinajstić information content (AvgIpc) is 2.49. The Kier molecular flexibility index (Phi) is 8.19. The number of rotatable bonds is 8. The molecule has 0 radical (unpaired) electrons. The molecule has 0 aliphatic heterocycles. The fourth-order valence-electron chi connectivity index (χ4n) is 2.24. The molecule has 0 fully saturated rings. The van der Waals surface area contributed by atoms with E-state index in [4.69, 9.17) is 0 Å². The second-order valence-corrected chi connectivity index (χ2v) is 5.89. The lowest BCUT2D eigenvalue weighted by Crippen LogP contribution is -2.50. The zero-order valence-corrected chi connectivity index (χ0v) is 14.1. The zero-order valence-electron chi connectivity index (χ0n) is 14.1. The molecule has 0 unspecified atom stereocenters. The smallest absolute Gasteiger partial charge is 0.338 e. The standard InChI is InChI=1S/C16H21F6N3O/c1-25(11-15(17,18)19)9-5-8-23-14(26)24-13(16(20,21)22)10-12-6-3-2-4-7-12/h2-4,6-7,13H,5,8-11H2,1H3,(H2,23,24,26)/t13-/m1/s1. The van der Waals surface area contributed by atoms with Gasteiger partial charge in [0.1, 0.15) is 6.04 Å². The summed E-state index contributed by atoms with van der Waals surface area (Å²) in [6, 6.07) is 4.84. The summed E-state index contributed by atoms with van der Waals surface area (Å²) >= 11 is 0. The van der Waals surface area contributed by atoms with Crippen LogP contribution in [0.5, 0.6) is 0 Å². The van der Waals surface area contributed by atoms with Gasteiger partial charge in [-0.05, 0) is 25.6 Å². The van der Waals surface area contributed by atoms with Gasteiger partial charge in [-0.25, -0.2) is 4.79 Å². The number of amides is 2. The Morgan fingerprint density at radius 3 is 2.27 bits per heavy atom. The van der Waals surface area contributed by atoms with Crippen LogP contribution in [0.4, 0.5) is 31.1 Å². The van der Waals surface area contributed by atoms with E-state index in [0.29, 0.717) is 5.56 Å². The van der Waals surface area contributed by atoms with Crippen molar-refractivity contribution in [1.82, 2.24) is 15.5 Å². The second-order valence-electron chi connectivity index (χ2n) is 5.89. The number of nitrogens with one attached hydrogen (secondary N) is 2. The van der Waals surface area contributed by atoms with E-state index in [2.05, 4.69) is 5.32 Å². The first-order valence-electron chi connectivity index (χ1n) is 7.87. The summed E-state index contributed by atoms with van der Waals surface area (Å²) in [5, 5.41) is 4.09. The maximum absolute atomic E-state index is 13.1. The van der Waals surface area contributed by atoms with Crippen LogP contribution in [0.25, 0.3) is 0 Å². The monoisotopic (exact) mass is 385 g/mol. The van der Waals surface area contributed by atoms with Crippen molar-refractivity contribution in [2.45, 2.75) is 31.2 Å². The van der Waals surface area contributed by atoms with Crippen molar-refractivity contribution in [2.24, 2.45) is 0 Å². The maximum Gasteiger partial charge on any atom is 0.408 e. The molecule has 0 heterocycles. The Morgan fingerprint density at radius 2 is 1.73 bits per heavy atom. The van der Waals surface area contributed by atoms with Gasteiger partial charge in [0.2, 0.25) is 0 Å². The molecule has 4 nitrogen and oxygen atoms in total. The molecule has 26 heavy (non-hydrogen) atoms. The van der Waals surface area contributed by atoms with Crippen molar-refractivity contribution in [3.63, 3.8) is 0 Å². The van der Waals surface area contributed by atoms with E-state index >= 15 is 0 Å². The van der Waals surface area contributed by atoms with Crippen LogP contribution in [0, 0.1) is 0 Å². The number of alkyl halides is 6. The Morgan fingerprint density at radius 1 is 1.12 bits per heavy atom. The fraction of sp³-hybridized carbons (Fsp3) is 0.562. The van der Waals surface area contributed by atoms with Crippen LogP contribution in [0.1, 0.15) is 12.0 Å². The molecule has 0 saturated heterocycles. The highest BCUT2D eigenvalue weighted by atomic mass is 19.4. The number of halogens is 6. The Bertz CT molecular complexity index is 547. The van der Waals surface area contributed by atoms with Gasteiger partial charge >= 0.3 is 18.4 Å². The average molecular weight is 385 g/mol. The molecule has 10 heteroatoms. The minimum atomic E-state index is -4.62. The number of carbonyl (C=O) groups excluding carboxylic acids is 1. The largest absolute Gasteiger partial charge is 0.408 e. The SMILES string of the molecule is CN(CCCNC(=O)N[C@H](Cc1ccccc1)C(F)(F)F)CC(F)(F)F. The highest BCUT2D eigenvalue weighted by Crippen LogP contribution is 2.23. The predicted molar refractivity (Wildman–Crippen MR) is 84.7 cm³/mol. The number of hydrogen-bond donors (Lipinski definition) is 2. The van der Waals surface area contributed by atoms with E-state index in [1.165, 1.54) is 19.2 Å². The van der Waals surface area contributed by atoms with Gasteiger partial charge in [-0.15, -0.1) is 0 Å². The summed E-state index contributed by atoms with van der Waals surface area (Å²) < 4.78 is 75.6. The third-order valence-corrected chi connectivity index (χ3v) is 3.43. The third-order valence-electron chi connectivity index (χ3n) is 3.43. The molecule has 148 valence electrons. The van der Waals surface area contributed by atoms with Crippen LogP contribution in [-0.4, -0.2) is 56.0 Å². The quantitative estimate of drug-likeness (QED) is 0.533. The van der Waals surface area contributed by atoms with Gasteiger partial charge in [0, 0.05) is 13.0 Å². The van der Waals surface area contributed by atoms with Gasteiger partial charge in [-0.3, -0.25) is 4.90 Å². The normalized spacial score (nSPS) is 13.5. The number of carbonyl (C=O) groups is 1. The molecule has 2 N–H and O–H groups in total. The number of benzene rings is 1. The van der Waals surface area contributed by atoms with Crippen molar-refractivity contribution in [1.29, 1.82) is 0 Å². The minimum Gasteiger partial charge on any atom is -0.338 e. The molecule has 0 aliphatic carbocycles. The van der Waals surface area contributed by atoms with Crippen LogP contribution in [-0.2, 0) is 6.42 Å². The van der Waals surface area contributed by atoms with Crippen LogP contribution >= 0.6 is 0 Å². The Hall–Kier alpha value is -1.97. The van der Waals surface area contributed by atoms with Gasteiger partial charge in [-0.2, -0.15) is 26.3 Å². The van der Waals surface area contributed by atoms with Crippen molar-refractivity contribution in [2.75, 3.05) is 26.7 Å². The predicted octanol–water partition coefficient (Wildman–Crippen LogP) is 3.34. The van der Waals surface area contributed by atoms with Gasteiger partial charge in [0.15, 0.2) is 0 Å². The van der Waals surface area contributed by atoms with Crippen LogP contribution < -0.4 is 10.6 Å². The minimum absolute atomic E-state index is 0.0378. The van der Waals surface area contributed by atoms with Crippen molar-refractivity contribution in [3.8, 4) is 0 Å². The summed E-state index contributed by atoms with van der Waals surface area (Å²) in [5.41, 5.74) is 0.420. The maximum atomic E-state index is 13.1. The summed E-state index contributed by atoms with van der Waals surface area (Å²) in [4.78, 5) is 12.7. The number of hydrogen-bond acceptors (Lipinski definition) is 2. The molecule has 0 aromatic heterocycles. The van der Waals surface area contributed by atoms with E-state index < -0.39 is 37.4 Å². The third kappa shape index (κ3) is 9.50. The lowest BCUT2D eigenvalue weighted by Gasteiger charge is -2.22. The molecule has 1 atom stereocenters. The molecule has 0 aliphatic rings. The molecular formula is C16H21F6N3O. The van der Waals surface area contributed by atoms with E-state index in [9.17, 15) is 31.1 Å². The first-order chi connectivity index (χ1) is 12.0. The van der Waals surface area contributed by atoms with Crippen LogP contribution in [0.3, 0.4) is 0 Å². The van der Waals surface area contributed by atoms with Crippen molar-refractivity contribution >= 4 is 6.03 Å².